The molecule has 0 unspecified atom stereocenters. The molecule has 3 aromatic rings. The second kappa shape index (κ2) is 4.46. The third-order valence-corrected chi connectivity index (χ3v) is 3.38. The van der Waals surface area contributed by atoms with Gasteiger partial charge in [0.25, 0.3) is 0 Å². The molecular weight excluding hydrogens is 290 g/mol. The summed E-state index contributed by atoms with van der Waals surface area (Å²) in [5, 5.41) is 5.52. The highest BCUT2D eigenvalue weighted by Gasteiger charge is 2.04. The molecule has 2 aromatic carbocycles. The van der Waals surface area contributed by atoms with Crippen LogP contribution in [0.15, 0.2) is 53.1 Å². The maximum absolute atomic E-state index is 5.82. The lowest BCUT2D eigenvalue weighted by Crippen LogP contribution is -2.01. The molecule has 1 heterocycles. The number of rotatable bonds is 2. The van der Waals surface area contributed by atoms with Crippen molar-refractivity contribution in [1.29, 1.82) is 0 Å². The Morgan fingerprint density at radius 2 is 2.06 bits per heavy atom. The quantitative estimate of drug-likeness (QED) is 0.737. The molecule has 0 amide bonds. The SMILES string of the molecule is Nc1ccc2cnn(Cc3cccc(Br)c3)c2c1. The summed E-state index contributed by atoms with van der Waals surface area (Å²) in [6.45, 7) is 0.742. The Bertz CT molecular complexity index is 703. The van der Waals surface area contributed by atoms with E-state index in [-0.39, 0.29) is 0 Å². The van der Waals surface area contributed by atoms with E-state index in [0.29, 0.717) is 0 Å². The van der Waals surface area contributed by atoms with Gasteiger partial charge in [0.2, 0.25) is 0 Å². The van der Waals surface area contributed by atoms with E-state index in [1.165, 1.54) is 5.56 Å². The van der Waals surface area contributed by atoms with Crippen molar-refractivity contribution in [2.45, 2.75) is 6.54 Å². The fraction of sp³-hybridized carbons (Fsp3) is 0.0714. The van der Waals surface area contributed by atoms with Gasteiger partial charge in [-0.05, 0) is 35.9 Å². The van der Waals surface area contributed by atoms with Crippen LogP contribution < -0.4 is 5.73 Å². The topological polar surface area (TPSA) is 43.8 Å². The standard InChI is InChI=1S/C14H12BrN3/c15-12-3-1-2-10(6-12)9-18-14-7-13(16)5-4-11(14)8-17-18/h1-8H,9,16H2. The van der Waals surface area contributed by atoms with Crippen molar-refractivity contribution in [3.05, 3.63) is 58.7 Å². The minimum absolute atomic E-state index is 0.742. The fourth-order valence-corrected chi connectivity index (χ4v) is 2.47. The Labute approximate surface area is 113 Å². The average Bonchev–Trinajstić information content (AvgIpc) is 2.72. The number of halogens is 1. The number of nitrogens with zero attached hydrogens (tertiary/aromatic N) is 2. The number of aromatic nitrogens is 2. The van der Waals surface area contributed by atoms with E-state index in [0.717, 1.165) is 27.6 Å². The predicted molar refractivity (Wildman–Crippen MR) is 77.4 cm³/mol. The molecule has 0 radical (unpaired) electrons. The first-order valence-electron chi connectivity index (χ1n) is 5.68. The fourth-order valence-electron chi connectivity index (χ4n) is 2.02. The summed E-state index contributed by atoms with van der Waals surface area (Å²) in [5.74, 6) is 0. The zero-order valence-corrected chi connectivity index (χ0v) is 11.3. The molecule has 0 atom stereocenters. The molecule has 0 saturated carbocycles. The van der Waals surface area contributed by atoms with Crippen LogP contribution in [0.5, 0.6) is 0 Å². The van der Waals surface area contributed by atoms with Gasteiger partial charge in [0, 0.05) is 15.5 Å². The molecule has 0 saturated heterocycles. The molecule has 3 nitrogen and oxygen atoms in total. The summed E-state index contributed by atoms with van der Waals surface area (Å²) in [7, 11) is 0. The molecule has 0 bridgehead atoms. The lowest BCUT2D eigenvalue weighted by Gasteiger charge is -2.05. The lowest BCUT2D eigenvalue weighted by atomic mass is 10.2. The second-order valence-electron chi connectivity index (χ2n) is 4.25. The lowest BCUT2D eigenvalue weighted by molar-refractivity contribution is 0.712. The van der Waals surface area contributed by atoms with Gasteiger partial charge >= 0.3 is 0 Å². The number of nitrogen functional groups attached to an aromatic ring is 1. The molecule has 18 heavy (non-hydrogen) atoms. The normalized spacial score (nSPS) is 10.9. The van der Waals surface area contributed by atoms with Crippen molar-refractivity contribution in [3.8, 4) is 0 Å². The first kappa shape index (κ1) is 11.3. The summed E-state index contributed by atoms with van der Waals surface area (Å²) < 4.78 is 3.05. The summed E-state index contributed by atoms with van der Waals surface area (Å²) in [4.78, 5) is 0. The maximum atomic E-state index is 5.82. The predicted octanol–water partition coefficient (Wildman–Crippen LogP) is 3.43. The van der Waals surface area contributed by atoms with Crippen LogP contribution in [0.2, 0.25) is 0 Å². The maximum Gasteiger partial charge on any atom is 0.0706 e. The average molecular weight is 302 g/mol. The number of hydrogen-bond acceptors (Lipinski definition) is 2. The molecular formula is C14H12BrN3. The molecule has 90 valence electrons. The minimum Gasteiger partial charge on any atom is -0.399 e. The number of hydrogen-bond donors (Lipinski definition) is 1. The smallest absolute Gasteiger partial charge is 0.0706 e. The van der Waals surface area contributed by atoms with Gasteiger partial charge in [-0.2, -0.15) is 5.10 Å². The number of nitrogens with two attached hydrogens (primary N) is 1. The van der Waals surface area contributed by atoms with Crippen LogP contribution in [-0.4, -0.2) is 9.78 Å². The van der Waals surface area contributed by atoms with E-state index in [4.69, 9.17) is 5.73 Å². The zero-order chi connectivity index (χ0) is 12.5. The minimum atomic E-state index is 0.742. The summed E-state index contributed by atoms with van der Waals surface area (Å²) >= 11 is 3.48. The van der Waals surface area contributed by atoms with E-state index in [9.17, 15) is 0 Å². The summed E-state index contributed by atoms with van der Waals surface area (Å²) in [5.41, 5.74) is 8.85. The first-order valence-corrected chi connectivity index (χ1v) is 6.47. The third kappa shape index (κ3) is 2.11. The van der Waals surface area contributed by atoms with Gasteiger partial charge in [-0.3, -0.25) is 4.68 Å². The van der Waals surface area contributed by atoms with Gasteiger partial charge in [-0.15, -0.1) is 0 Å². The van der Waals surface area contributed by atoms with Crippen molar-refractivity contribution < 1.29 is 0 Å². The van der Waals surface area contributed by atoms with Crippen molar-refractivity contribution in [2.75, 3.05) is 5.73 Å². The zero-order valence-electron chi connectivity index (χ0n) is 9.68. The Kier molecular flexibility index (Phi) is 2.80. The van der Waals surface area contributed by atoms with Crippen molar-refractivity contribution in [3.63, 3.8) is 0 Å². The second-order valence-corrected chi connectivity index (χ2v) is 5.17. The molecule has 3 rings (SSSR count). The van der Waals surface area contributed by atoms with Crippen LogP contribution in [0, 0.1) is 0 Å². The van der Waals surface area contributed by atoms with Crippen molar-refractivity contribution >= 4 is 32.5 Å². The number of benzene rings is 2. The molecule has 0 spiro atoms. The third-order valence-electron chi connectivity index (χ3n) is 2.89. The molecule has 0 aliphatic rings. The number of anilines is 1. The van der Waals surface area contributed by atoms with E-state index in [1.807, 2.05) is 41.2 Å². The first-order chi connectivity index (χ1) is 8.72. The van der Waals surface area contributed by atoms with E-state index in [2.05, 4.69) is 33.2 Å². The van der Waals surface area contributed by atoms with E-state index < -0.39 is 0 Å². The van der Waals surface area contributed by atoms with Crippen LogP contribution in [0.1, 0.15) is 5.56 Å². The van der Waals surface area contributed by atoms with Gasteiger partial charge < -0.3 is 5.73 Å². The number of fused-ring (bicyclic) bond motifs is 1. The highest BCUT2D eigenvalue weighted by atomic mass is 79.9. The van der Waals surface area contributed by atoms with Crippen LogP contribution >= 0.6 is 15.9 Å². The van der Waals surface area contributed by atoms with Crippen molar-refractivity contribution in [2.24, 2.45) is 0 Å². The summed E-state index contributed by atoms with van der Waals surface area (Å²) in [6, 6.07) is 14.1. The molecule has 0 fully saturated rings. The van der Waals surface area contributed by atoms with Gasteiger partial charge in [0.1, 0.15) is 0 Å². The largest absolute Gasteiger partial charge is 0.399 e. The Morgan fingerprint density at radius 1 is 1.17 bits per heavy atom. The molecule has 0 aliphatic heterocycles. The van der Waals surface area contributed by atoms with Gasteiger partial charge in [0.15, 0.2) is 0 Å². The Morgan fingerprint density at radius 3 is 2.89 bits per heavy atom. The van der Waals surface area contributed by atoms with E-state index in [1.54, 1.807) is 0 Å². The highest BCUT2D eigenvalue weighted by Crippen LogP contribution is 2.19. The Balaban J connectivity index is 2.02. The molecule has 0 aliphatic carbocycles. The van der Waals surface area contributed by atoms with Gasteiger partial charge in [-0.1, -0.05) is 28.1 Å². The molecule has 4 heteroatoms. The monoisotopic (exact) mass is 301 g/mol. The highest BCUT2D eigenvalue weighted by molar-refractivity contribution is 9.10. The van der Waals surface area contributed by atoms with E-state index >= 15 is 0 Å². The van der Waals surface area contributed by atoms with Crippen LogP contribution in [0.25, 0.3) is 10.9 Å². The molecule has 2 N–H and O–H groups in total. The van der Waals surface area contributed by atoms with Crippen LogP contribution in [0.3, 0.4) is 0 Å². The summed E-state index contributed by atoms with van der Waals surface area (Å²) in [6.07, 6.45) is 1.87. The van der Waals surface area contributed by atoms with Gasteiger partial charge in [0.05, 0.1) is 18.3 Å². The van der Waals surface area contributed by atoms with Crippen LogP contribution in [-0.2, 0) is 6.54 Å². The van der Waals surface area contributed by atoms with Gasteiger partial charge in [-0.25, -0.2) is 0 Å². The van der Waals surface area contributed by atoms with Crippen molar-refractivity contribution in [1.82, 2.24) is 9.78 Å². The Hall–Kier alpha value is -1.81. The van der Waals surface area contributed by atoms with Crippen LogP contribution in [0.4, 0.5) is 5.69 Å². The molecule has 1 aromatic heterocycles.